The maximum absolute atomic E-state index is 11.8. The van der Waals surface area contributed by atoms with E-state index in [1.54, 1.807) is 0 Å². The highest BCUT2D eigenvalue weighted by Gasteiger charge is 2.72. The first-order valence-corrected chi connectivity index (χ1v) is 2.31. The minimum atomic E-state index is -4.24. The molecule has 1 aliphatic heterocycles. The zero-order valence-electron chi connectivity index (χ0n) is 4.50. The lowest BCUT2D eigenvalue weighted by Crippen LogP contribution is -2.63. The van der Waals surface area contributed by atoms with E-state index in [4.69, 9.17) is 0 Å². The molecule has 0 aliphatic carbocycles. The minimum absolute atomic E-state index is 0.900. The summed E-state index contributed by atoms with van der Waals surface area (Å²) in [7, 11) is 0. The molecule has 54 valence electrons. The third-order valence-electron chi connectivity index (χ3n) is 1.22. The molecule has 0 spiro atoms. The summed E-state index contributed by atoms with van der Waals surface area (Å²) < 4.78 is 50.3. The van der Waals surface area contributed by atoms with Gasteiger partial charge in [0, 0.05) is 0 Å². The summed E-state index contributed by atoms with van der Waals surface area (Å²) in [6.07, 6.45) is -5.90. The summed E-state index contributed by atoms with van der Waals surface area (Å²) in [6, 6.07) is 0. The Morgan fingerprint density at radius 3 is 1.67 bits per heavy atom. The summed E-state index contributed by atoms with van der Waals surface area (Å²) in [5.41, 5.74) is 0. The summed E-state index contributed by atoms with van der Waals surface area (Å²) in [5.74, 6) is -3.98. The van der Waals surface area contributed by atoms with Crippen molar-refractivity contribution in [3.63, 3.8) is 0 Å². The molecule has 1 unspecified atom stereocenters. The van der Waals surface area contributed by atoms with Crippen LogP contribution in [0.5, 0.6) is 0 Å². The van der Waals surface area contributed by atoms with Gasteiger partial charge in [-0.15, -0.1) is 0 Å². The molecule has 0 aromatic carbocycles. The topological polar surface area (TPSA) is 9.23 Å². The van der Waals surface area contributed by atoms with Crippen molar-refractivity contribution in [1.29, 1.82) is 0 Å². The molecule has 1 heterocycles. The third-order valence-corrected chi connectivity index (χ3v) is 1.22. The lowest BCUT2D eigenvalue weighted by atomic mass is 10.1. The van der Waals surface area contributed by atoms with Crippen LogP contribution in [-0.4, -0.2) is 18.1 Å². The van der Waals surface area contributed by atoms with Crippen molar-refractivity contribution in [2.45, 2.75) is 25.1 Å². The predicted molar refractivity (Wildman–Crippen MR) is 20.4 cm³/mol. The highest BCUT2D eigenvalue weighted by Crippen LogP contribution is 2.49. The van der Waals surface area contributed by atoms with Crippen molar-refractivity contribution >= 4 is 0 Å². The molecule has 1 nitrogen and oxygen atoms in total. The number of hydrogen-bond donors (Lipinski definition) is 0. The molecule has 0 N–H and O–H groups in total. The molecular formula is C4H4F4O. The second-order valence-corrected chi connectivity index (χ2v) is 1.90. The number of rotatable bonds is 0. The van der Waals surface area contributed by atoms with Gasteiger partial charge in [-0.25, -0.2) is 0 Å². The quantitative estimate of drug-likeness (QED) is 0.469. The van der Waals surface area contributed by atoms with Gasteiger partial charge < -0.3 is 4.74 Å². The number of hydrogen-bond acceptors (Lipinski definition) is 1. The summed E-state index contributed by atoms with van der Waals surface area (Å²) >= 11 is 0. The second-order valence-electron chi connectivity index (χ2n) is 1.90. The van der Waals surface area contributed by atoms with E-state index >= 15 is 0 Å². The van der Waals surface area contributed by atoms with Gasteiger partial charge >= 0.3 is 12.0 Å². The maximum Gasteiger partial charge on any atom is 0.422 e. The lowest BCUT2D eigenvalue weighted by Gasteiger charge is -2.41. The maximum atomic E-state index is 11.8. The van der Waals surface area contributed by atoms with Crippen LogP contribution in [0.3, 0.4) is 0 Å². The van der Waals surface area contributed by atoms with Crippen LogP contribution >= 0.6 is 0 Å². The van der Waals surface area contributed by atoms with Crippen LogP contribution in [0.25, 0.3) is 0 Å². The fourth-order valence-corrected chi connectivity index (χ4v) is 0.553. The highest BCUT2D eigenvalue weighted by molar-refractivity contribution is 4.93. The Labute approximate surface area is 48.6 Å². The Hall–Kier alpha value is -0.320. The highest BCUT2D eigenvalue weighted by atomic mass is 19.3. The van der Waals surface area contributed by atoms with E-state index in [1.807, 2.05) is 0 Å². The van der Waals surface area contributed by atoms with E-state index in [-0.39, 0.29) is 0 Å². The van der Waals surface area contributed by atoms with Gasteiger partial charge in [-0.2, -0.15) is 17.6 Å². The van der Waals surface area contributed by atoms with Crippen molar-refractivity contribution < 1.29 is 22.3 Å². The average Bonchev–Trinajstić information content (AvgIpc) is 1.65. The van der Waals surface area contributed by atoms with E-state index in [0.29, 0.717) is 0 Å². The van der Waals surface area contributed by atoms with Gasteiger partial charge in [-0.3, -0.25) is 0 Å². The number of halogens is 4. The smallest absolute Gasteiger partial charge is 0.306 e. The summed E-state index contributed by atoms with van der Waals surface area (Å²) in [4.78, 5) is 0. The normalized spacial score (nSPS) is 37.7. The fourth-order valence-electron chi connectivity index (χ4n) is 0.553. The number of ether oxygens (including phenoxy) is 1. The summed E-state index contributed by atoms with van der Waals surface area (Å²) in [6.45, 7) is 0.900. The molecule has 0 bridgehead atoms. The molecule has 1 atom stereocenters. The SMILES string of the molecule is CC1OC(F)(F)C1(F)F. The molecule has 0 aromatic rings. The summed E-state index contributed by atoms with van der Waals surface area (Å²) in [5, 5.41) is 0. The van der Waals surface area contributed by atoms with Gasteiger partial charge in [0.2, 0.25) is 0 Å². The molecule has 0 saturated carbocycles. The molecule has 1 fully saturated rings. The molecular weight excluding hydrogens is 140 g/mol. The molecule has 0 amide bonds. The second kappa shape index (κ2) is 1.39. The number of alkyl halides is 4. The Bertz CT molecular complexity index is 133. The van der Waals surface area contributed by atoms with E-state index in [0.717, 1.165) is 6.92 Å². The molecule has 0 radical (unpaired) electrons. The molecule has 1 rings (SSSR count). The van der Waals surface area contributed by atoms with E-state index in [1.165, 1.54) is 0 Å². The van der Waals surface area contributed by atoms with Gasteiger partial charge in [-0.05, 0) is 6.92 Å². The Kier molecular flexibility index (Phi) is 1.05. The van der Waals surface area contributed by atoms with Crippen LogP contribution in [0.2, 0.25) is 0 Å². The van der Waals surface area contributed by atoms with Crippen molar-refractivity contribution in [2.24, 2.45) is 0 Å². The molecule has 1 aliphatic rings. The molecule has 5 heteroatoms. The zero-order valence-corrected chi connectivity index (χ0v) is 4.50. The molecule has 1 saturated heterocycles. The third kappa shape index (κ3) is 0.640. The van der Waals surface area contributed by atoms with Crippen LogP contribution in [-0.2, 0) is 4.74 Å². The van der Waals surface area contributed by atoms with Crippen LogP contribution in [0.4, 0.5) is 17.6 Å². The van der Waals surface area contributed by atoms with Crippen LogP contribution < -0.4 is 0 Å². The van der Waals surface area contributed by atoms with Gasteiger partial charge in [0.25, 0.3) is 0 Å². The van der Waals surface area contributed by atoms with Gasteiger partial charge in [0.15, 0.2) is 0 Å². The van der Waals surface area contributed by atoms with Crippen molar-refractivity contribution in [3.8, 4) is 0 Å². The Balaban J connectivity index is 2.70. The standard InChI is InChI=1S/C4H4F4O/c1-2-3(5,6)4(7,8)9-2/h2H,1H3. The fraction of sp³-hybridized carbons (Fsp3) is 1.00. The van der Waals surface area contributed by atoms with Crippen molar-refractivity contribution in [3.05, 3.63) is 0 Å². The van der Waals surface area contributed by atoms with Crippen LogP contribution in [0, 0.1) is 0 Å². The lowest BCUT2D eigenvalue weighted by molar-refractivity contribution is -0.472. The predicted octanol–water partition coefficient (Wildman–Crippen LogP) is 1.63. The van der Waals surface area contributed by atoms with E-state index < -0.39 is 18.1 Å². The first-order valence-electron chi connectivity index (χ1n) is 2.31. The van der Waals surface area contributed by atoms with E-state index in [9.17, 15) is 17.6 Å². The van der Waals surface area contributed by atoms with Gasteiger partial charge in [-0.1, -0.05) is 0 Å². The monoisotopic (exact) mass is 144 g/mol. The largest absolute Gasteiger partial charge is 0.422 e. The first kappa shape index (κ1) is 6.80. The van der Waals surface area contributed by atoms with Crippen molar-refractivity contribution in [2.75, 3.05) is 0 Å². The molecule has 9 heavy (non-hydrogen) atoms. The van der Waals surface area contributed by atoms with Gasteiger partial charge in [0.1, 0.15) is 6.10 Å². The Morgan fingerprint density at radius 1 is 1.22 bits per heavy atom. The first-order chi connectivity index (χ1) is 3.88. The van der Waals surface area contributed by atoms with Crippen LogP contribution in [0.1, 0.15) is 6.92 Å². The zero-order chi connectivity index (χ0) is 7.28. The minimum Gasteiger partial charge on any atom is -0.306 e. The van der Waals surface area contributed by atoms with E-state index in [2.05, 4.69) is 4.74 Å². The van der Waals surface area contributed by atoms with Crippen LogP contribution in [0.15, 0.2) is 0 Å². The van der Waals surface area contributed by atoms with Crippen molar-refractivity contribution in [1.82, 2.24) is 0 Å². The average molecular weight is 144 g/mol. The van der Waals surface area contributed by atoms with Gasteiger partial charge in [0.05, 0.1) is 0 Å². The molecule has 0 aromatic heterocycles. The Morgan fingerprint density at radius 2 is 1.67 bits per heavy atom.